The zero-order valence-corrected chi connectivity index (χ0v) is 13.9. The lowest BCUT2D eigenvalue weighted by Crippen LogP contribution is -2.34. The molecule has 112 valence electrons. The number of hydrogen-bond donors (Lipinski definition) is 1. The Hall–Kier alpha value is -0.820. The highest BCUT2D eigenvalue weighted by Gasteiger charge is 2.41. The molecule has 0 radical (unpaired) electrons. The lowest BCUT2D eigenvalue weighted by atomic mass is 9.69. The molecule has 2 N–H and O–H groups in total. The largest absolute Gasteiger partial charge is 0.323 e. The predicted octanol–water partition coefficient (Wildman–Crippen LogP) is 5.22. The monoisotopic (exact) mass is 273 g/mol. The van der Waals surface area contributed by atoms with E-state index < -0.39 is 0 Å². The van der Waals surface area contributed by atoms with Gasteiger partial charge in [-0.3, -0.25) is 0 Å². The first kappa shape index (κ1) is 15.6. The van der Waals surface area contributed by atoms with Crippen molar-refractivity contribution < 1.29 is 0 Å². The average Bonchev–Trinajstić information content (AvgIpc) is 2.76. The molecule has 1 fully saturated rings. The van der Waals surface area contributed by atoms with Crippen LogP contribution >= 0.6 is 0 Å². The first-order valence-corrected chi connectivity index (χ1v) is 8.19. The molecule has 1 aromatic rings. The Kier molecular flexibility index (Phi) is 4.59. The summed E-state index contributed by atoms with van der Waals surface area (Å²) in [6, 6.07) is 4.79. The second-order valence-electron chi connectivity index (χ2n) is 7.46. The van der Waals surface area contributed by atoms with Crippen molar-refractivity contribution in [3.8, 4) is 0 Å². The van der Waals surface area contributed by atoms with Crippen molar-refractivity contribution in [1.29, 1.82) is 0 Å². The zero-order chi connectivity index (χ0) is 14.9. The summed E-state index contributed by atoms with van der Waals surface area (Å²) in [4.78, 5) is 0. The summed E-state index contributed by atoms with van der Waals surface area (Å²) < 4.78 is 0. The van der Waals surface area contributed by atoms with Gasteiger partial charge in [-0.25, -0.2) is 0 Å². The third-order valence-electron chi connectivity index (χ3n) is 5.12. The first-order valence-electron chi connectivity index (χ1n) is 8.19. The van der Waals surface area contributed by atoms with Gasteiger partial charge < -0.3 is 5.73 Å². The van der Waals surface area contributed by atoms with E-state index in [1.54, 1.807) is 0 Å². The molecule has 0 bridgehead atoms. The van der Waals surface area contributed by atoms with Gasteiger partial charge in [-0.05, 0) is 68.1 Å². The molecule has 1 atom stereocenters. The van der Waals surface area contributed by atoms with Gasteiger partial charge in [0.05, 0.1) is 0 Å². The minimum Gasteiger partial charge on any atom is -0.323 e. The number of aryl methyl sites for hydroxylation is 3. The summed E-state index contributed by atoms with van der Waals surface area (Å²) in [6.45, 7) is 11.3. The standard InChI is InChI=1S/C19H31N/c1-13(2)12-19(8-6-7-9-19)18(20)17-15(4)10-14(3)11-16(17)5/h10-11,13,18H,6-9,12,20H2,1-5H3. The molecular formula is C19H31N. The Labute approximate surface area is 125 Å². The van der Waals surface area contributed by atoms with Crippen LogP contribution in [0.3, 0.4) is 0 Å². The molecule has 0 saturated heterocycles. The van der Waals surface area contributed by atoms with Crippen molar-refractivity contribution in [2.24, 2.45) is 17.1 Å². The SMILES string of the molecule is Cc1cc(C)c(C(N)C2(CC(C)C)CCCC2)c(C)c1. The van der Waals surface area contributed by atoms with Crippen LogP contribution in [0.5, 0.6) is 0 Å². The molecule has 1 saturated carbocycles. The zero-order valence-electron chi connectivity index (χ0n) is 13.9. The highest BCUT2D eigenvalue weighted by Crippen LogP contribution is 2.51. The fourth-order valence-electron chi connectivity index (χ4n) is 4.52. The van der Waals surface area contributed by atoms with Crippen LogP contribution in [0.4, 0.5) is 0 Å². The summed E-state index contributed by atoms with van der Waals surface area (Å²) >= 11 is 0. The summed E-state index contributed by atoms with van der Waals surface area (Å²) in [7, 11) is 0. The minimum absolute atomic E-state index is 0.202. The van der Waals surface area contributed by atoms with E-state index in [-0.39, 0.29) is 6.04 Å². The van der Waals surface area contributed by atoms with E-state index in [1.165, 1.54) is 54.4 Å². The lowest BCUT2D eigenvalue weighted by Gasteiger charge is -2.38. The Bertz CT molecular complexity index is 444. The Morgan fingerprint density at radius 1 is 1.05 bits per heavy atom. The fraction of sp³-hybridized carbons (Fsp3) is 0.684. The van der Waals surface area contributed by atoms with Crippen LogP contribution in [-0.4, -0.2) is 0 Å². The van der Waals surface area contributed by atoms with Crippen molar-refractivity contribution in [3.63, 3.8) is 0 Å². The average molecular weight is 273 g/mol. The van der Waals surface area contributed by atoms with Crippen LogP contribution in [0, 0.1) is 32.1 Å². The molecule has 1 aromatic carbocycles. The minimum atomic E-state index is 0.202. The molecule has 1 unspecified atom stereocenters. The van der Waals surface area contributed by atoms with Crippen molar-refractivity contribution in [1.82, 2.24) is 0 Å². The third kappa shape index (κ3) is 2.93. The molecule has 1 aliphatic rings. The number of rotatable bonds is 4. The van der Waals surface area contributed by atoms with Gasteiger partial charge in [0.15, 0.2) is 0 Å². The van der Waals surface area contributed by atoms with E-state index in [1.807, 2.05) is 0 Å². The number of hydrogen-bond acceptors (Lipinski definition) is 1. The quantitative estimate of drug-likeness (QED) is 0.800. The van der Waals surface area contributed by atoms with Crippen LogP contribution in [-0.2, 0) is 0 Å². The van der Waals surface area contributed by atoms with Crippen LogP contribution in [0.25, 0.3) is 0 Å². The summed E-state index contributed by atoms with van der Waals surface area (Å²) in [6.07, 6.45) is 6.58. The van der Waals surface area contributed by atoms with E-state index in [4.69, 9.17) is 5.73 Å². The predicted molar refractivity (Wildman–Crippen MR) is 87.9 cm³/mol. The van der Waals surface area contributed by atoms with Crippen LogP contribution in [0.2, 0.25) is 0 Å². The lowest BCUT2D eigenvalue weighted by molar-refractivity contribution is 0.182. The van der Waals surface area contributed by atoms with Gasteiger partial charge in [0.25, 0.3) is 0 Å². The molecule has 1 aliphatic carbocycles. The maximum Gasteiger partial charge on any atom is 0.0357 e. The smallest absolute Gasteiger partial charge is 0.0357 e. The van der Waals surface area contributed by atoms with E-state index in [9.17, 15) is 0 Å². The summed E-state index contributed by atoms with van der Waals surface area (Å²) in [5, 5.41) is 0. The summed E-state index contributed by atoms with van der Waals surface area (Å²) in [5.41, 5.74) is 12.7. The van der Waals surface area contributed by atoms with Crippen molar-refractivity contribution in [3.05, 3.63) is 34.4 Å². The second-order valence-corrected chi connectivity index (χ2v) is 7.46. The first-order chi connectivity index (χ1) is 9.35. The molecule has 0 spiro atoms. The van der Waals surface area contributed by atoms with Gasteiger partial charge in [0, 0.05) is 6.04 Å². The van der Waals surface area contributed by atoms with Crippen molar-refractivity contribution in [2.45, 2.75) is 72.8 Å². The van der Waals surface area contributed by atoms with Gasteiger partial charge >= 0.3 is 0 Å². The molecule has 20 heavy (non-hydrogen) atoms. The van der Waals surface area contributed by atoms with Gasteiger partial charge in [-0.15, -0.1) is 0 Å². The van der Waals surface area contributed by atoms with E-state index >= 15 is 0 Å². The summed E-state index contributed by atoms with van der Waals surface area (Å²) in [5.74, 6) is 0.727. The molecule has 1 heteroatoms. The number of benzene rings is 1. The topological polar surface area (TPSA) is 26.0 Å². The van der Waals surface area contributed by atoms with Crippen molar-refractivity contribution >= 4 is 0 Å². The van der Waals surface area contributed by atoms with Crippen molar-refractivity contribution in [2.75, 3.05) is 0 Å². The van der Waals surface area contributed by atoms with Crippen LogP contribution in [0.15, 0.2) is 12.1 Å². The molecule has 0 aromatic heterocycles. The second kappa shape index (κ2) is 5.89. The Morgan fingerprint density at radius 3 is 2.00 bits per heavy atom. The van der Waals surface area contributed by atoms with Gasteiger partial charge in [0.1, 0.15) is 0 Å². The molecule has 0 aliphatic heterocycles. The van der Waals surface area contributed by atoms with E-state index in [2.05, 4.69) is 46.8 Å². The third-order valence-corrected chi connectivity index (χ3v) is 5.12. The van der Waals surface area contributed by atoms with Gasteiger partial charge in [-0.2, -0.15) is 0 Å². The number of nitrogens with two attached hydrogens (primary N) is 1. The maximum atomic E-state index is 6.84. The molecule has 1 nitrogen and oxygen atoms in total. The molecule has 0 heterocycles. The van der Waals surface area contributed by atoms with E-state index in [0.717, 1.165) is 5.92 Å². The highest BCUT2D eigenvalue weighted by atomic mass is 14.7. The Balaban J connectivity index is 2.40. The molecule has 0 amide bonds. The molecule has 2 rings (SSSR count). The van der Waals surface area contributed by atoms with Crippen LogP contribution in [0.1, 0.15) is 74.2 Å². The fourth-order valence-corrected chi connectivity index (χ4v) is 4.52. The maximum absolute atomic E-state index is 6.84. The normalized spacial score (nSPS) is 19.6. The Morgan fingerprint density at radius 2 is 1.55 bits per heavy atom. The molecular weight excluding hydrogens is 242 g/mol. The van der Waals surface area contributed by atoms with E-state index in [0.29, 0.717) is 5.41 Å². The van der Waals surface area contributed by atoms with Gasteiger partial charge in [-0.1, -0.05) is 44.4 Å². The van der Waals surface area contributed by atoms with Crippen LogP contribution < -0.4 is 5.73 Å². The highest BCUT2D eigenvalue weighted by molar-refractivity contribution is 5.40. The van der Waals surface area contributed by atoms with Gasteiger partial charge in [0.2, 0.25) is 0 Å².